The van der Waals surface area contributed by atoms with Crippen LogP contribution in [-0.4, -0.2) is 35.7 Å². The Morgan fingerprint density at radius 2 is 2.30 bits per heavy atom. The highest BCUT2D eigenvalue weighted by Gasteiger charge is 2.36. The summed E-state index contributed by atoms with van der Waals surface area (Å²) in [6.45, 7) is 2.27. The van der Waals surface area contributed by atoms with Crippen LogP contribution in [0.2, 0.25) is 5.02 Å². The molecule has 0 spiro atoms. The molecule has 1 aliphatic carbocycles. The van der Waals surface area contributed by atoms with Crippen LogP contribution in [0.5, 0.6) is 0 Å². The number of hydrogen-bond acceptors (Lipinski definition) is 5. The van der Waals surface area contributed by atoms with Gasteiger partial charge in [0.25, 0.3) is 0 Å². The van der Waals surface area contributed by atoms with Crippen molar-refractivity contribution in [1.82, 2.24) is 4.98 Å². The highest BCUT2D eigenvalue weighted by atomic mass is 35.5. The maximum atomic E-state index is 11.2. The van der Waals surface area contributed by atoms with Gasteiger partial charge < -0.3 is 9.64 Å². The van der Waals surface area contributed by atoms with Crippen LogP contribution < -0.4 is 4.90 Å². The van der Waals surface area contributed by atoms with Gasteiger partial charge in [-0.05, 0) is 19.3 Å². The lowest BCUT2D eigenvalue weighted by molar-refractivity contribution is -0.384. The van der Waals surface area contributed by atoms with Crippen LogP contribution >= 0.6 is 11.6 Å². The van der Waals surface area contributed by atoms with E-state index in [0.717, 1.165) is 39.0 Å². The molecule has 7 heteroatoms. The SMILES string of the molecule is O=[N+]([O-])c1cc(Cl)cnc1N(CC1CCOC1)C1CC1. The third-order valence-electron chi connectivity index (χ3n) is 3.75. The molecule has 1 atom stereocenters. The molecule has 6 nitrogen and oxygen atoms in total. The number of aromatic nitrogens is 1. The summed E-state index contributed by atoms with van der Waals surface area (Å²) in [6.07, 6.45) is 4.61. The third-order valence-corrected chi connectivity index (χ3v) is 3.96. The van der Waals surface area contributed by atoms with E-state index in [4.69, 9.17) is 16.3 Å². The summed E-state index contributed by atoms with van der Waals surface area (Å²) >= 11 is 5.83. The number of halogens is 1. The fourth-order valence-electron chi connectivity index (χ4n) is 2.58. The monoisotopic (exact) mass is 297 g/mol. The molecule has 1 aromatic rings. The molecule has 2 heterocycles. The average molecular weight is 298 g/mol. The number of hydrogen-bond donors (Lipinski definition) is 0. The van der Waals surface area contributed by atoms with Gasteiger partial charge in [-0.15, -0.1) is 0 Å². The summed E-state index contributed by atoms with van der Waals surface area (Å²) < 4.78 is 5.39. The molecule has 108 valence electrons. The first-order chi connectivity index (χ1) is 9.65. The van der Waals surface area contributed by atoms with Gasteiger partial charge in [-0.2, -0.15) is 0 Å². The first-order valence-electron chi connectivity index (χ1n) is 6.79. The van der Waals surface area contributed by atoms with E-state index in [1.54, 1.807) is 0 Å². The van der Waals surface area contributed by atoms with Crippen molar-refractivity contribution in [2.45, 2.75) is 25.3 Å². The quantitative estimate of drug-likeness (QED) is 0.617. The second-order valence-corrected chi connectivity index (χ2v) is 5.80. The van der Waals surface area contributed by atoms with Crippen molar-refractivity contribution in [1.29, 1.82) is 0 Å². The predicted molar refractivity (Wildman–Crippen MR) is 75.2 cm³/mol. The number of nitro groups is 1. The zero-order valence-electron chi connectivity index (χ0n) is 11.0. The molecule has 1 aliphatic heterocycles. The van der Waals surface area contributed by atoms with E-state index in [0.29, 0.717) is 22.8 Å². The van der Waals surface area contributed by atoms with Crippen molar-refractivity contribution < 1.29 is 9.66 Å². The van der Waals surface area contributed by atoms with Crippen molar-refractivity contribution in [2.75, 3.05) is 24.7 Å². The number of anilines is 1. The van der Waals surface area contributed by atoms with Crippen LogP contribution in [0.3, 0.4) is 0 Å². The molecule has 0 aromatic carbocycles. The molecule has 1 saturated heterocycles. The van der Waals surface area contributed by atoms with E-state index < -0.39 is 4.92 Å². The summed E-state index contributed by atoms with van der Waals surface area (Å²) in [5, 5.41) is 11.5. The third kappa shape index (κ3) is 2.86. The largest absolute Gasteiger partial charge is 0.381 e. The summed E-state index contributed by atoms with van der Waals surface area (Å²) in [4.78, 5) is 17.1. The molecule has 1 unspecified atom stereocenters. The second kappa shape index (κ2) is 5.54. The van der Waals surface area contributed by atoms with Crippen LogP contribution in [0, 0.1) is 16.0 Å². The van der Waals surface area contributed by atoms with Crippen LogP contribution in [-0.2, 0) is 4.74 Å². The summed E-state index contributed by atoms with van der Waals surface area (Å²) in [5.74, 6) is 0.862. The Morgan fingerprint density at radius 3 is 2.90 bits per heavy atom. The van der Waals surface area contributed by atoms with Gasteiger partial charge in [0.05, 0.1) is 16.6 Å². The lowest BCUT2D eigenvalue weighted by Gasteiger charge is -2.25. The highest BCUT2D eigenvalue weighted by Crippen LogP contribution is 2.37. The van der Waals surface area contributed by atoms with Gasteiger partial charge in [-0.1, -0.05) is 11.6 Å². The van der Waals surface area contributed by atoms with Crippen molar-refractivity contribution in [3.63, 3.8) is 0 Å². The minimum Gasteiger partial charge on any atom is -0.381 e. The standard InChI is InChI=1S/C13H16ClN3O3/c14-10-5-12(17(18)19)13(15-6-10)16(11-1-2-11)7-9-3-4-20-8-9/h5-6,9,11H,1-4,7-8H2. The Bertz CT molecular complexity index is 516. The first-order valence-corrected chi connectivity index (χ1v) is 7.17. The molecule has 0 amide bonds. The zero-order chi connectivity index (χ0) is 14.1. The van der Waals surface area contributed by atoms with Crippen LogP contribution in [0.1, 0.15) is 19.3 Å². The summed E-state index contributed by atoms with van der Waals surface area (Å²) in [5.41, 5.74) is -0.0108. The molecule has 2 fully saturated rings. The number of rotatable bonds is 5. The molecule has 3 rings (SSSR count). The molecule has 1 saturated carbocycles. The normalized spacial score (nSPS) is 21.9. The Labute approximate surface area is 121 Å². The van der Waals surface area contributed by atoms with Gasteiger partial charge in [-0.3, -0.25) is 10.1 Å². The van der Waals surface area contributed by atoms with Crippen molar-refractivity contribution in [2.24, 2.45) is 5.92 Å². The van der Waals surface area contributed by atoms with Gasteiger partial charge in [0.15, 0.2) is 0 Å². The lowest BCUT2D eigenvalue weighted by Crippen LogP contribution is -2.33. The number of ether oxygens (including phenoxy) is 1. The Kier molecular flexibility index (Phi) is 3.76. The molecule has 0 radical (unpaired) electrons. The van der Waals surface area contributed by atoms with Gasteiger partial charge in [0, 0.05) is 37.4 Å². The van der Waals surface area contributed by atoms with E-state index in [9.17, 15) is 10.1 Å². The predicted octanol–water partition coefficient (Wildman–Crippen LogP) is 2.65. The molecular formula is C13H16ClN3O3. The topological polar surface area (TPSA) is 68.5 Å². The lowest BCUT2D eigenvalue weighted by atomic mass is 10.1. The van der Waals surface area contributed by atoms with E-state index in [2.05, 4.69) is 9.88 Å². The van der Waals surface area contributed by atoms with E-state index in [-0.39, 0.29) is 5.69 Å². The summed E-state index contributed by atoms with van der Waals surface area (Å²) in [6, 6.07) is 1.74. The van der Waals surface area contributed by atoms with Gasteiger partial charge in [0.2, 0.25) is 5.82 Å². The molecule has 1 aromatic heterocycles. The highest BCUT2D eigenvalue weighted by molar-refractivity contribution is 6.30. The Morgan fingerprint density at radius 1 is 1.50 bits per heavy atom. The number of nitrogens with zero attached hydrogens (tertiary/aromatic N) is 3. The second-order valence-electron chi connectivity index (χ2n) is 5.37. The molecule has 20 heavy (non-hydrogen) atoms. The van der Waals surface area contributed by atoms with Crippen LogP contribution in [0.4, 0.5) is 11.5 Å². The minimum atomic E-state index is -0.408. The molecule has 2 aliphatic rings. The number of pyridine rings is 1. The van der Waals surface area contributed by atoms with Crippen molar-refractivity contribution >= 4 is 23.1 Å². The summed E-state index contributed by atoms with van der Waals surface area (Å²) in [7, 11) is 0. The van der Waals surface area contributed by atoms with Gasteiger partial charge in [-0.25, -0.2) is 4.98 Å². The average Bonchev–Trinajstić information content (AvgIpc) is 3.13. The Hall–Kier alpha value is -1.40. The van der Waals surface area contributed by atoms with Crippen LogP contribution in [0.25, 0.3) is 0 Å². The van der Waals surface area contributed by atoms with Crippen molar-refractivity contribution in [3.05, 3.63) is 27.4 Å². The molecule has 0 N–H and O–H groups in total. The van der Waals surface area contributed by atoms with Gasteiger partial charge in [0.1, 0.15) is 0 Å². The fraction of sp³-hybridized carbons (Fsp3) is 0.615. The maximum Gasteiger partial charge on any atom is 0.313 e. The van der Waals surface area contributed by atoms with E-state index in [1.807, 2.05) is 0 Å². The first kappa shape index (κ1) is 13.6. The smallest absolute Gasteiger partial charge is 0.313 e. The fourth-order valence-corrected chi connectivity index (χ4v) is 2.73. The van der Waals surface area contributed by atoms with Gasteiger partial charge >= 0.3 is 5.69 Å². The Balaban J connectivity index is 1.88. The van der Waals surface area contributed by atoms with Crippen molar-refractivity contribution in [3.8, 4) is 0 Å². The minimum absolute atomic E-state index is 0.0108. The zero-order valence-corrected chi connectivity index (χ0v) is 11.8. The molecule has 0 bridgehead atoms. The maximum absolute atomic E-state index is 11.2. The van der Waals surface area contributed by atoms with Crippen LogP contribution in [0.15, 0.2) is 12.3 Å². The van der Waals surface area contributed by atoms with E-state index >= 15 is 0 Å². The van der Waals surface area contributed by atoms with E-state index in [1.165, 1.54) is 12.3 Å². The molecular weight excluding hydrogens is 282 g/mol.